The Bertz CT molecular complexity index is 1080. The Morgan fingerprint density at radius 1 is 1.09 bits per heavy atom. The number of ether oxygens (including phenoxy) is 1. The molecule has 0 aliphatic carbocycles. The van der Waals surface area contributed by atoms with Gasteiger partial charge in [0, 0.05) is 23.7 Å². The summed E-state index contributed by atoms with van der Waals surface area (Å²) in [7, 11) is 2.68. The van der Waals surface area contributed by atoms with Gasteiger partial charge >= 0.3 is 6.36 Å². The maximum Gasteiger partial charge on any atom is 0.573 e. The SMILES string of the molecule is CNC(=O)/C(=N/OC)c1cccc(C)c1CO/N=C(\C)c1ccc(F)c(F)c1OC(F)(F)F. The molecule has 0 atom stereocenters. The molecule has 0 saturated heterocycles. The quantitative estimate of drug-likeness (QED) is 0.354. The minimum Gasteiger partial charge on any atom is -0.402 e. The monoisotopic (exact) mass is 473 g/mol. The van der Waals surface area contributed by atoms with Crippen LogP contribution in [0, 0.1) is 18.6 Å². The third-order valence-corrected chi connectivity index (χ3v) is 4.36. The molecule has 2 aromatic rings. The fourth-order valence-corrected chi connectivity index (χ4v) is 2.81. The van der Waals surface area contributed by atoms with E-state index in [9.17, 15) is 26.7 Å². The number of nitrogens with one attached hydrogen (secondary N) is 1. The van der Waals surface area contributed by atoms with Crippen LogP contribution in [0.5, 0.6) is 5.75 Å². The average Bonchev–Trinajstić information content (AvgIpc) is 2.75. The highest BCUT2D eigenvalue weighted by Gasteiger charge is 2.35. The largest absolute Gasteiger partial charge is 0.573 e. The van der Waals surface area contributed by atoms with E-state index >= 15 is 0 Å². The number of benzene rings is 2. The molecule has 33 heavy (non-hydrogen) atoms. The maximum absolute atomic E-state index is 14.0. The predicted molar refractivity (Wildman–Crippen MR) is 109 cm³/mol. The first-order valence-electron chi connectivity index (χ1n) is 9.32. The second-order valence-electron chi connectivity index (χ2n) is 6.54. The van der Waals surface area contributed by atoms with Crippen LogP contribution >= 0.6 is 0 Å². The standard InChI is InChI=1S/C21H20F5N3O4/c1-11-6-5-7-14(18(29-31-4)20(30)27-3)15(11)10-32-28-12(2)13-8-9-16(22)17(23)19(13)33-21(24,25)26/h5-9H,10H2,1-4H3,(H,27,30)/b28-12+,29-18+. The Morgan fingerprint density at radius 3 is 2.39 bits per heavy atom. The minimum atomic E-state index is -5.25. The zero-order valence-electron chi connectivity index (χ0n) is 18.0. The summed E-state index contributed by atoms with van der Waals surface area (Å²) in [6, 6.07) is 6.54. The van der Waals surface area contributed by atoms with Gasteiger partial charge in [0.25, 0.3) is 5.91 Å². The smallest absolute Gasteiger partial charge is 0.402 e. The van der Waals surface area contributed by atoms with Crippen molar-refractivity contribution in [2.45, 2.75) is 26.8 Å². The van der Waals surface area contributed by atoms with Gasteiger partial charge in [0.15, 0.2) is 17.3 Å². The molecule has 178 valence electrons. The number of nitrogens with zero attached hydrogens (tertiary/aromatic N) is 2. The molecule has 2 rings (SSSR count). The number of likely N-dealkylation sites (N-methyl/N-ethyl adjacent to an activating group) is 1. The van der Waals surface area contributed by atoms with Crippen molar-refractivity contribution >= 4 is 17.3 Å². The molecule has 1 N–H and O–H groups in total. The number of carbonyl (C=O) groups is 1. The summed E-state index contributed by atoms with van der Waals surface area (Å²) in [4.78, 5) is 22.2. The summed E-state index contributed by atoms with van der Waals surface area (Å²) in [5.74, 6) is -5.22. The first kappa shape index (κ1) is 25.6. The molecular formula is C21H20F5N3O4. The van der Waals surface area contributed by atoms with Crippen molar-refractivity contribution in [1.29, 1.82) is 0 Å². The molecule has 0 radical (unpaired) electrons. The van der Waals surface area contributed by atoms with Gasteiger partial charge in [-0.25, -0.2) is 4.39 Å². The van der Waals surface area contributed by atoms with Crippen LogP contribution in [0.25, 0.3) is 0 Å². The lowest BCUT2D eigenvalue weighted by Gasteiger charge is -2.15. The minimum absolute atomic E-state index is 0.0375. The Labute approximate surface area is 185 Å². The molecule has 0 bridgehead atoms. The van der Waals surface area contributed by atoms with Gasteiger partial charge < -0.3 is 19.7 Å². The van der Waals surface area contributed by atoms with Crippen LogP contribution in [-0.2, 0) is 21.1 Å². The Morgan fingerprint density at radius 2 is 1.79 bits per heavy atom. The van der Waals surface area contributed by atoms with Crippen LogP contribution in [0.15, 0.2) is 40.6 Å². The van der Waals surface area contributed by atoms with E-state index in [4.69, 9.17) is 9.68 Å². The van der Waals surface area contributed by atoms with Crippen molar-refractivity contribution in [2.24, 2.45) is 10.3 Å². The fraction of sp³-hybridized carbons (Fsp3) is 0.286. The molecule has 0 heterocycles. The third kappa shape index (κ3) is 6.40. The summed E-state index contributed by atoms with van der Waals surface area (Å²) in [6.07, 6.45) is -5.25. The van der Waals surface area contributed by atoms with Gasteiger partial charge in [-0.05, 0) is 31.5 Å². The van der Waals surface area contributed by atoms with Crippen molar-refractivity contribution in [3.63, 3.8) is 0 Å². The number of aryl methyl sites for hydroxylation is 1. The fourth-order valence-electron chi connectivity index (χ4n) is 2.81. The van der Waals surface area contributed by atoms with E-state index in [1.165, 1.54) is 21.1 Å². The number of carbonyl (C=O) groups excluding carboxylic acids is 1. The second kappa shape index (κ2) is 10.7. The van der Waals surface area contributed by atoms with Crippen molar-refractivity contribution in [3.05, 3.63) is 64.2 Å². The van der Waals surface area contributed by atoms with Gasteiger partial charge in [0.2, 0.25) is 5.82 Å². The van der Waals surface area contributed by atoms with E-state index in [2.05, 4.69) is 20.4 Å². The molecule has 7 nitrogen and oxygen atoms in total. The molecule has 0 unspecified atom stereocenters. The Hall–Kier alpha value is -3.70. The lowest BCUT2D eigenvalue weighted by atomic mass is 9.98. The molecule has 2 aromatic carbocycles. The van der Waals surface area contributed by atoms with Gasteiger partial charge in [-0.3, -0.25) is 4.79 Å². The van der Waals surface area contributed by atoms with Crippen molar-refractivity contribution in [3.8, 4) is 5.75 Å². The number of hydrogen-bond acceptors (Lipinski definition) is 6. The molecular weight excluding hydrogens is 453 g/mol. The van der Waals surface area contributed by atoms with Crippen LogP contribution in [0.2, 0.25) is 0 Å². The molecule has 0 aliphatic rings. The highest BCUT2D eigenvalue weighted by molar-refractivity contribution is 6.45. The summed E-state index contributed by atoms with van der Waals surface area (Å²) in [6.45, 7) is 2.74. The first-order valence-corrected chi connectivity index (χ1v) is 9.32. The summed E-state index contributed by atoms with van der Waals surface area (Å²) in [5.41, 5.74) is 0.860. The normalized spacial score (nSPS) is 12.4. The van der Waals surface area contributed by atoms with Crippen LogP contribution in [0.1, 0.15) is 29.2 Å². The van der Waals surface area contributed by atoms with Crippen LogP contribution < -0.4 is 10.1 Å². The zero-order chi connectivity index (χ0) is 24.8. The number of rotatable bonds is 8. The van der Waals surface area contributed by atoms with E-state index in [1.807, 2.05) is 0 Å². The van der Waals surface area contributed by atoms with Crippen molar-refractivity contribution < 1.29 is 41.2 Å². The highest BCUT2D eigenvalue weighted by atomic mass is 19.4. The first-order chi connectivity index (χ1) is 15.5. The number of halogens is 5. The van der Waals surface area contributed by atoms with Gasteiger partial charge in [-0.1, -0.05) is 28.5 Å². The van der Waals surface area contributed by atoms with E-state index < -0.39 is 35.2 Å². The number of hydrogen-bond donors (Lipinski definition) is 1. The third-order valence-electron chi connectivity index (χ3n) is 4.36. The molecule has 0 fully saturated rings. The van der Waals surface area contributed by atoms with Gasteiger partial charge in [0.05, 0.1) is 5.71 Å². The van der Waals surface area contributed by atoms with Crippen LogP contribution in [0.3, 0.4) is 0 Å². The Balaban J connectivity index is 2.38. The molecule has 0 aliphatic heterocycles. The van der Waals surface area contributed by atoms with E-state index in [1.54, 1.807) is 25.1 Å². The van der Waals surface area contributed by atoms with Crippen LogP contribution in [-0.4, -0.2) is 37.9 Å². The Kier molecular flexibility index (Phi) is 8.32. The lowest BCUT2D eigenvalue weighted by Crippen LogP contribution is -2.29. The topological polar surface area (TPSA) is 81.5 Å². The molecule has 0 aromatic heterocycles. The lowest BCUT2D eigenvalue weighted by molar-refractivity contribution is -0.275. The number of oxime groups is 2. The summed E-state index contributed by atoms with van der Waals surface area (Å²) >= 11 is 0. The number of alkyl halides is 3. The molecule has 0 spiro atoms. The molecule has 12 heteroatoms. The maximum atomic E-state index is 14.0. The average molecular weight is 473 g/mol. The number of amides is 1. The highest BCUT2D eigenvalue weighted by Crippen LogP contribution is 2.31. The van der Waals surface area contributed by atoms with Crippen molar-refractivity contribution in [2.75, 3.05) is 14.2 Å². The molecule has 0 saturated carbocycles. The van der Waals surface area contributed by atoms with Gasteiger partial charge in [-0.2, -0.15) is 4.39 Å². The summed E-state index contributed by atoms with van der Waals surface area (Å²) in [5, 5.41) is 9.88. The predicted octanol–water partition coefficient (Wildman–Crippen LogP) is 4.21. The molecule has 1 amide bonds. The summed E-state index contributed by atoms with van der Waals surface area (Å²) < 4.78 is 69.0. The zero-order valence-corrected chi connectivity index (χ0v) is 18.0. The van der Waals surface area contributed by atoms with E-state index in [0.29, 0.717) is 22.8 Å². The van der Waals surface area contributed by atoms with Crippen LogP contribution in [0.4, 0.5) is 22.0 Å². The van der Waals surface area contributed by atoms with E-state index in [0.717, 1.165) is 6.07 Å². The van der Waals surface area contributed by atoms with E-state index in [-0.39, 0.29) is 18.0 Å². The van der Waals surface area contributed by atoms with Crippen molar-refractivity contribution in [1.82, 2.24) is 5.32 Å². The second-order valence-corrected chi connectivity index (χ2v) is 6.54. The van der Waals surface area contributed by atoms with Gasteiger partial charge in [-0.15, -0.1) is 13.2 Å². The van der Waals surface area contributed by atoms with Gasteiger partial charge in [0.1, 0.15) is 13.7 Å².